The van der Waals surface area contributed by atoms with Gasteiger partial charge in [-0.1, -0.05) is 15.9 Å². The minimum atomic E-state index is -0.432. The van der Waals surface area contributed by atoms with E-state index in [1.54, 1.807) is 6.07 Å². The molecule has 1 rings (SSSR count). The predicted octanol–water partition coefficient (Wildman–Crippen LogP) is 1.43. The third-order valence-electron chi connectivity index (χ3n) is 1.45. The second kappa shape index (κ2) is 5.42. The van der Waals surface area contributed by atoms with Gasteiger partial charge < -0.3 is 0 Å². The van der Waals surface area contributed by atoms with E-state index in [-0.39, 0.29) is 5.56 Å². The van der Waals surface area contributed by atoms with Crippen molar-refractivity contribution in [2.75, 3.05) is 0 Å². The number of benzene rings is 1. The molecule has 0 bridgehead atoms. The van der Waals surface area contributed by atoms with Gasteiger partial charge in [0.05, 0.1) is 6.21 Å². The van der Waals surface area contributed by atoms with Gasteiger partial charge in [-0.25, -0.2) is 15.3 Å². The van der Waals surface area contributed by atoms with Gasteiger partial charge in [-0.15, -0.1) is 0 Å². The highest BCUT2D eigenvalue weighted by molar-refractivity contribution is 9.10. The number of hydrogen-bond acceptors (Lipinski definition) is 3. The van der Waals surface area contributed by atoms with Crippen LogP contribution in [0.4, 0.5) is 4.39 Å². The van der Waals surface area contributed by atoms with Gasteiger partial charge in [0.25, 0.3) is 0 Å². The maximum atomic E-state index is 13.2. The molecule has 80 valence electrons. The van der Waals surface area contributed by atoms with E-state index in [0.717, 1.165) is 0 Å². The molecule has 0 radical (unpaired) electrons. The summed E-state index contributed by atoms with van der Waals surface area (Å²) in [5.74, 6) is -0.831. The van der Waals surface area contributed by atoms with Crippen LogP contribution in [0.3, 0.4) is 0 Å². The predicted molar refractivity (Wildman–Crippen MR) is 57.5 cm³/mol. The Labute approximate surface area is 93.6 Å². The van der Waals surface area contributed by atoms with Crippen LogP contribution in [0.15, 0.2) is 27.8 Å². The van der Waals surface area contributed by atoms with Crippen molar-refractivity contribution >= 4 is 28.1 Å². The molecule has 0 aliphatic heterocycles. The average molecular weight is 275 g/mol. The summed E-state index contributed by atoms with van der Waals surface area (Å²) in [7, 11) is 0. The second-order valence-electron chi connectivity index (χ2n) is 2.52. The quantitative estimate of drug-likeness (QED) is 0.374. The summed E-state index contributed by atoms with van der Waals surface area (Å²) in [6.07, 6.45) is 1.20. The van der Waals surface area contributed by atoms with Crippen LogP contribution in [-0.4, -0.2) is 17.4 Å². The van der Waals surface area contributed by atoms with Crippen molar-refractivity contribution in [3.63, 3.8) is 0 Å². The molecular formula is C8H8BrFN4O. The number of guanidine groups is 1. The van der Waals surface area contributed by atoms with Gasteiger partial charge in [-0.2, -0.15) is 5.10 Å². The number of hydrazone groups is 1. The molecule has 0 heterocycles. The highest BCUT2D eigenvalue weighted by Crippen LogP contribution is 2.13. The lowest BCUT2D eigenvalue weighted by molar-refractivity contribution is 0.228. The van der Waals surface area contributed by atoms with E-state index < -0.39 is 11.8 Å². The van der Waals surface area contributed by atoms with Crippen molar-refractivity contribution in [2.24, 2.45) is 5.10 Å². The molecule has 4 N–H and O–H groups in total. The summed E-state index contributed by atoms with van der Waals surface area (Å²) in [5, 5.41) is 18.7. The van der Waals surface area contributed by atoms with Gasteiger partial charge in [-0.05, 0) is 18.2 Å². The Morgan fingerprint density at radius 3 is 2.93 bits per heavy atom. The third kappa shape index (κ3) is 3.64. The number of hydrogen-bond donors (Lipinski definition) is 4. The Balaban J connectivity index is 2.68. The molecule has 0 spiro atoms. The average Bonchev–Trinajstić information content (AvgIpc) is 2.21. The highest BCUT2D eigenvalue weighted by atomic mass is 79.9. The van der Waals surface area contributed by atoms with Crippen molar-refractivity contribution in [3.05, 3.63) is 34.1 Å². The van der Waals surface area contributed by atoms with E-state index in [0.29, 0.717) is 4.47 Å². The summed E-state index contributed by atoms with van der Waals surface area (Å²) < 4.78 is 13.8. The highest BCUT2D eigenvalue weighted by Gasteiger charge is 1.99. The summed E-state index contributed by atoms with van der Waals surface area (Å²) in [6.45, 7) is 0. The molecule has 5 nitrogen and oxygen atoms in total. The van der Waals surface area contributed by atoms with Crippen LogP contribution in [-0.2, 0) is 0 Å². The second-order valence-corrected chi connectivity index (χ2v) is 3.44. The van der Waals surface area contributed by atoms with E-state index in [4.69, 9.17) is 10.6 Å². The molecule has 0 aromatic heterocycles. The van der Waals surface area contributed by atoms with Crippen LogP contribution in [0.2, 0.25) is 0 Å². The van der Waals surface area contributed by atoms with E-state index >= 15 is 0 Å². The van der Waals surface area contributed by atoms with Crippen LogP contribution >= 0.6 is 15.9 Å². The minimum Gasteiger partial charge on any atom is -0.288 e. The molecule has 0 unspecified atom stereocenters. The smallest absolute Gasteiger partial charge is 0.233 e. The maximum absolute atomic E-state index is 13.2. The van der Waals surface area contributed by atoms with E-state index in [1.165, 1.54) is 23.8 Å². The SMILES string of the molecule is N=C(NO)NN=Cc1ccc(Br)cc1F. The number of rotatable bonds is 2. The molecule has 0 saturated heterocycles. The van der Waals surface area contributed by atoms with Crippen LogP contribution in [0.5, 0.6) is 0 Å². The molecular weight excluding hydrogens is 267 g/mol. The summed E-state index contributed by atoms with van der Waals surface area (Å²) in [4.78, 5) is 0. The zero-order chi connectivity index (χ0) is 11.3. The topological polar surface area (TPSA) is 80.5 Å². The van der Waals surface area contributed by atoms with Crippen LogP contribution in [0, 0.1) is 11.2 Å². The third-order valence-corrected chi connectivity index (χ3v) is 1.95. The van der Waals surface area contributed by atoms with Gasteiger partial charge in [0.15, 0.2) is 0 Å². The molecule has 1 aromatic rings. The van der Waals surface area contributed by atoms with Gasteiger partial charge in [0.1, 0.15) is 5.82 Å². The number of nitrogens with zero attached hydrogens (tertiary/aromatic N) is 1. The number of hydroxylamine groups is 1. The van der Waals surface area contributed by atoms with Gasteiger partial charge in [0, 0.05) is 10.0 Å². The monoisotopic (exact) mass is 274 g/mol. The van der Waals surface area contributed by atoms with Crippen molar-refractivity contribution in [2.45, 2.75) is 0 Å². The summed E-state index contributed by atoms with van der Waals surface area (Å²) in [6, 6.07) is 4.50. The lowest BCUT2D eigenvalue weighted by Crippen LogP contribution is -2.30. The first-order valence-electron chi connectivity index (χ1n) is 3.86. The number of halogens is 2. The van der Waals surface area contributed by atoms with Crippen molar-refractivity contribution < 1.29 is 9.60 Å². The van der Waals surface area contributed by atoms with E-state index in [1.807, 2.05) is 0 Å². The Bertz CT molecular complexity index is 396. The lowest BCUT2D eigenvalue weighted by Gasteiger charge is -1.99. The Morgan fingerprint density at radius 2 is 2.33 bits per heavy atom. The van der Waals surface area contributed by atoms with Crippen molar-refractivity contribution in [1.29, 1.82) is 5.41 Å². The van der Waals surface area contributed by atoms with Crippen LogP contribution in [0.25, 0.3) is 0 Å². The normalized spacial score (nSPS) is 10.3. The zero-order valence-electron chi connectivity index (χ0n) is 7.46. The number of nitrogens with one attached hydrogen (secondary N) is 3. The maximum Gasteiger partial charge on any atom is 0.233 e. The molecule has 0 fully saturated rings. The first kappa shape index (κ1) is 11.6. The fourth-order valence-corrected chi connectivity index (χ4v) is 1.13. The summed E-state index contributed by atoms with van der Waals surface area (Å²) in [5.41, 5.74) is 3.94. The summed E-state index contributed by atoms with van der Waals surface area (Å²) >= 11 is 3.12. The van der Waals surface area contributed by atoms with Crippen LogP contribution < -0.4 is 10.9 Å². The van der Waals surface area contributed by atoms with Crippen LogP contribution in [0.1, 0.15) is 5.56 Å². The van der Waals surface area contributed by atoms with Gasteiger partial charge >= 0.3 is 0 Å². The molecule has 0 saturated carbocycles. The molecule has 0 aliphatic carbocycles. The molecule has 15 heavy (non-hydrogen) atoms. The minimum absolute atomic E-state index is 0.274. The van der Waals surface area contributed by atoms with Gasteiger partial charge in [0.2, 0.25) is 5.96 Å². The Kier molecular flexibility index (Phi) is 4.19. The zero-order valence-corrected chi connectivity index (χ0v) is 9.05. The molecule has 0 amide bonds. The van der Waals surface area contributed by atoms with Crippen molar-refractivity contribution in [3.8, 4) is 0 Å². The first-order valence-corrected chi connectivity index (χ1v) is 4.65. The first-order chi connectivity index (χ1) is 7.13. The largest absolute Gasteiger partial charge is 0.288 e. The Hall–Kier alpha value is -1.47. The fourth-order valence-electron chi connectivity index (χ4n) is 0.798. The Morgan fingerprint density at radius 1 is 1.60 bits per heavy atom. The molecule has 1 aromatic carbocycles. The van der Waals surface area contributed by atoms with Gasteiger partial charge in [-0.3, -0.25) is 10.6 Å². The molecule has 7 heteroatoms. The fraction of sp³-hybridized carbons (Fsp3) is 0. The standard InChI is InChI=1S/C8H8BrFN4O/c9-6-2-1-5(7(10)3-6)4-12-13-8(11)14-15/h1-4,15H,(H3,11,13,14). The van der Waals surface area contributed by atoms with E-state index in [9.17, 15) is 4.39 Å². The van der Waals surface area contributed by atoms with Crippen molar-refractivity contribution in [1.82, 2.24) is 10.9 Å². The lowest BCUT2D eigenvalue weighted by atomic mass is 10.2. The van der Waals surface area contributed by atoms with E-state index in [2.05, 4.69) is 26.5 Å². The molecule has 0 aliphatic rings. The molecule has 0 atom stereocenters.